The molecular weight excluding hydrogens is 469 g/mol. The molecule has 2 aromatic carbocycles. The summed E-state index contributed by atoms with van der Waals surface area (Å²) in [5, 5.41) is 16.7. The smallest absolute Gasteiger partial charge is 0.209 e. The molecule has 0 atom stereocenters. The average molecular weight is 490 g/mol. The molecule has 162 valence electrons. The molecule has 0 radical (unpaired) electrons. The first-order valence-corrected chi connectivity index (χ1v) is 10.6. The van der Waals surface area contributed by atoms with Gasteiger partial charge in [-0.05, 0) is 40.3 Å². The lowest BCUT2D eigenvalue weighted by atomic mass is 10.2. The quantitative estimate of drug-likeness (QED) is 0.336. The summed E-state index contributed by atoms with van der Waals surface area (Å²) in [6.07, 6.45) is 0. The molecule has 30 heavy (non-hydrogen) atoms. The van der Waals surface area contributed by atoms with E-state index >= 15 is 0 Å². The van der Waals surface area contributed by atoms with Gasteiger partial charge in [0, 0.05) is 41.5 Å². The number of hydrogen-bond donors (Lipinski definition) is 1. The second-order valence-electron chi connectivity index (χ2n) is 6.12. The zero-order chi connectivity index (χ0) is 20.6. The summed E-state index contributed by atoms with van der Waals surface area (Å²) in [6, 6.07) is 11.2. The Hall–Kier alpha value is -1.71. The summed E-state index contributed by atoms with van der Waals surface area (Å²) in [6.45, 7) is 1.88. The van der Waals surface area contributed by atoms with E-state index in [1.165, 1.54) is 0 Å². The highest BCUT2D eigenvalue weighted by atomic mass is 35.5. The lowest BCUT2D eigenvalue weighted by Gasteiger charge is -2.13. The molecule has 0 unspecified atom stereocenters. The molecule has 11 heteroatoms. The molecule has 0 saturated carbocycles. The minimum absolute atomic E-state index is 0. The van der Waals surface area contributed by atoms with Crippen LogP contribution in [0, 0.1) is 0 Å². The second kappa shape index (κ2) is 12.2. The minimum atomic E-state index is 0. The van der Waals surface area contributed by atoms with Crippen LogP contribution in [0.3, 0.4) is 0 Å². The van der Waals surface area contributed by atoms with Crippen molar-refractivity contribution in [2.24, 2.45) is 7.05 Å². The number of halogens is 3. The van der Waals surface area contributed by atoms with Crippen LogP contribution in [0.1, 0.15) is 11.1 Å². The molecule has 0 aliphatic carbocycles. The number of ether oxygens (including phenoxy) is 2. The SMILES string of the molecule is COc1cc(CNCCSc2nnnn2C)ccc1OCc1ccc(Cl)cc1Cl.[Cl-]. The molecule has 0 saturated heterocycles. The van der Waals surface area contributed by atoms with Crippen molar-refractivity contribution in [3.63, 3.8) is 0 Å². The maximum absolute atomic E-state index is 6.20. The van der Waals surface area contributed by atoms with Crippen LogP contribution in [-0.4, -0.2) is 39.6 Å². The normalized spacial score (nSPS) is 10.5. The molecular formula is C19H21Cl3N5O2S-. The van der Waals surface area contributed by atoms with Gasteiger partial charge >= 0.3 is 0 Å². The number of methoxy groups -OCH3 is 1. The van der Waals surface area contributed by atoms with Gasteiger partial charge < -0.3 is 27.2 Å². The van der Waals surface area contributed by atoms with Gasteiger partial charge in [0.15, 0.2) is 11.5 Å². The molecule has 0 aliphatic heterocycles. The zero-order valence-electron chi connectivity index (χ0n) is 16.4. The van der Waals surface area contributed by atoms with E-state index in [4.69, 9.17) is 32.7 Å². The number of thioether (sulfide) groups is 1. The molecule has 0 bridgehead atoms. The van der Waals surface area contributed by atoms with Crippen molar-refractivity contribution >= 4 is 35.0 Å². The first-order chi connectivity index (χ1) is 14.1. The highest BCUT2D eigenvalue weighted by Gasteiger charge is 2.08. The van der Waals surface area contributed by atoms with E-state index in [0.717, 1.165) is 35.1 Å². The zero-order valence-corrected chi connectivity index (χ0v) is 19.5. The summed E-state index contributed by atoms with van der Waals surface area (Å²) in [5.74, 6) is 2.20. The maximum Gasteiger partial charge on any atom is 0.209 e. The van der Waals surface area contributed by atoms with Gasteiger partial charge in [-0.25, -0.2) is 4.68 Å². The van der Waals surface area contributed by atoms with Crippen LogP contribution in [-0.2, 0) is 20.2 Å². The molecule has 1 heterocycles. The van der Waals surface area contributed by atoms with E-state index in [9.17, 15) is 0 Å². The van der Waals surface area contributed by atoms with E-state index in [1.807, 2.05) is 31.3 Å². The molecule has 0 fully saturated rings. The van der Waals surface area contributed by atoms with Crippen LogP contribution in [0.5, 0.6) is 11.5 Å². The molecule has 0 spiro atoms. The third-order valence-corrected chi connectivity index (χ3v) is 5.65. The Morgan fingerprint density at radius 2 is 1.97 bits per heavy atom. The Kier molecular flexibility index (Phi) is 10.0. The van der Waals surface area contributed by atoms with Crippen LogP contribution >= 0.6 is 35.0 Å². The number of nitrogens with zero attached hydrogens (tertiary/aromatic N) is 4. The lowest BCUT2D eigenvalue weighted by Crippen LogP contribution is -3.00. The van der Waals surface area contributed by atoms with Crippen molar-refractivity contribution in [1.82, 2.24) is 25.5 Å². The van der Waals surface area contributed by atoms with Gasteiger partial charge in [-0.1, -0.05) is 47.1 Å². The van der Waals surface area contributed by atoms with Crippen molar-refractivity contribution in [1.29, 1.82) is 0 Å². The van der Waals surface area contributed by atoms with Gasteiger partial charge in [-0.2, -0.15) is 0 Å². The highest BCUT2D eigenvalue weighted by Crippen LogP contribution is 2.30. The standard InChI is InChI=1S/C19H21Cl2N5O2S.ClH/c1-26-19(23-24-25-26)29-8-7-22-11-13-3-6-17(18(9-13)27-2)28-12-14-4-5-15(20)10-16(14)21;/h3-6,9-10,22H,7-8,11-12H2,1-2H3;1H/p-1. The molecule has 0 aliphatic rings. The van der Waals surface area contributed by atoms with Gasteiger partial charge in [0.25, 0.3) is 0 Å². The van der Waals surface area contributed by atoms with Crippen molar-refractivity contribution in [2.75, 3.05) is 19.4 Å². The van der Waals surface area contributed by atoms with Crippen LogP contribution in [0.25, 0.3) is 0 Å². The fraction of sp³-hybridized carbons (Fsp3) is 0.316. The van der Waals surface area contributed by atoms with Crippen LogP contribution in [0.4, 0.5) is 0 Å². The topological polar surface area (TPSA) is 74.1 Å². The highest BCUT2D eigenvalue weighted by molar-refractivity contribution is 7.99. The fourth-order valence-corrected chi connectivity index (χ4v) is 3.74. The predicted molar refractivity (Wildman–Crippen MR) is 115 cm³/mol. The van der Waals surface area contributed by atoms with E-state index in [1.54, 1.807) is 35.7 Å². The maximum atomic E-state index is 6.20. The number of aromatic nitrogens is 4. The number of benzene rings is 2. The van der Waals surface area contributed by atoms with Crippen LogP contribution in [0.2, 0.25) is 10.0 Å². The third-order valence-electron chi connectivity index (χ3n) is 4.05. The van der Waals surface area contributed by atoms with Crippen molar-refractivity contribution in [3.05, 3.63) is 57.6 Å². The van der Waals surface area contributed by atoms with Crippen molar-refractivity contribution in [2.45, 2.75) is 18.3 Å². The number of hydrogen-bond acceptors (Lipinski definition) is 7. The summed E-state index contributed by atoms with van der Waals surface area (Å²) in [7, 11) is 3.45. The largest absolute Gasteiger partial charge is 1.00 e. The van der Waals surface area contributed by atoms with E-state index in [2.05, 4.69) is 20.8 Å². The van der Waals surface area contributed by atoms with Crippen LogP contribution in [0.15, 0.2) is 41.6 Å². The average Bonchev–Trinajstić information content (AvgIpc) is 3.12. The van der Waals surface area contributed by atoms with Gasteiger partial charge in [-0.15, -0.1) is 5.10 Å². The number of rotatable bonds is 10. The second-order valence-corrected chi connectivity index (χ2v) is 8.03. The molecule has 1 aromatic heterocycles. The first kappa shape index (κ1) is 24.6. The Morgan fingerprint density at radius 1 is 1.13 bits per heavy atom. The molecule has 3 rings (SSSR count). The minimum Gasteiger partial charge on any atom is -1.00 e. The third kappa shape index (κ3) is 6.92. The predicted octanol–water partition coefficient (Wildman–Crippen LogP) is 0.990. The Labute approximate surface area is 195 Å². The van der Waals surface area contributed by atoms with Crippen molar-refractivity contribution < 1.29 is 21.9 Å². The molecule has 3 aromatic rings. The summed E-state index contributed by atoms with van der Waals surface area (Å²) >= 11 is 13.7. The lowest BCUT2D eigenvalue weighted by molar-refractivity contribution is -0.00000650. The number of nitrogens with one attached hydrogen (secondary N) is 1. The van der Waals surface area contributed by atoms with E-state index in [-0.39, 0.29) is 12.4 Å². The van der Waals surface area contributed by atoms with Crippen molar-refractivity contribution in [3.8, 4) is 11.5 Å². The molecule has 1 N–H and O–H groups in total. The Bertz CT molecular complexity index is 958. The van der Waals surface area contributed by atoms with Gasteiger partial charge in [-0.3, -0.25) is 0 Å². The molecule has 0 amide bonds. The van der Waals surface area contributed by atoms with Gasteiger partial charge in [0.2, 0.25) is 5.16 Å². The summed E-state index contributed by atoms with van der Waals surface area (Å²) in [4.78, 5) is 0. The van der Waals surface area contributed by atoms with Gasteiger partial charge in [0.1, 0.15) is 6.61 Å². The van der Waals surface area contributed by atoms with Gasteiger partial charge in [0.05, 0.1) is 7.11 Å². The Morgan fingerprint density at radius 3 is 2.67 bits per heavy atom. The Balaban J connectivity index is 0.00000320. The first-order valence-electron chi connectivity index (χ1n) is 8.86. The van der Waals surface area contributed by atoms with Crippen LogP contribution < -0.4 is 27.2 Å². The summed E-state index contributed by atoms with van der Waals surface area (Å²) in [5.41, 5.74) is 1.96. The van der Waals surface area contributed by atoms with E-state index < -0.39 is 0 Å². The molecule has 7 nitrogen and oxygen atoms in total. The number of tetrazole rings is 1. The fourth-order valence-electron chi connectivity index (χ4n) is 2.53. The summed E-state index contributed by atoms with van der Waals surface area (Å²) < 4.78 is 13.0. The van der Waals surface area contributed by atoms with E-state index in [0.29, 0.717) is 28.2 Å². The number of aryl methyl sites for hydroxylation is 1. The monoisotopic (exact) mass is 488 g/mol.